The van der Waals surface area contributed by atoms with Crippen molar-refractivity contribution < 1.29 is 14.3 Å². The highest BCUT2D eigenvalue weighted by Crippen LogP contribution is 2.48. The molecule has 0 aromatic heterocycles. The van der Waals surface area contributed by atoms with E-state index in [-0.39, 0.29) is 23.7 Å². The highest BCUT2D eigenvalue weighted by molar-refractivity contribution is 5.73. The van der Waals surface area contributed by atoms with Gasteiger partial charge in [0.25, 0.3) is 0 Å². The van der Waals surface area contributed by atoms with Crippen LogP contribution in [0.4, 0.5) is 0 Å². The quantitative estimate of drug-likeness (QED) is 0.729. The van der Waals surface area contributed by atoms with Crippen molar-refractivity contribution in [1.82, 2.24) is 10.2 Å². The fourth-order valence-corrected chi connectivity index (χ4v) is 6.23. The summed E-state index contributed by atoms with van der Waals surface area (Å²) in [5.41, 5.74) is 2.22. The first-order chi connectivity index (χ1) is 14.9. The molecule has 5 nitrogen and oxygen atoms in total. The zero-order valence-corrected chi connectivity index (χ0v) is 19.8. The smallest absolute Gasteiger partial charge is 0.217 e. The molecule has 0 unspecified atom stereocenters. The van der Waals surface area contributed by atoms with Crippen LogP contribution in [0, 0.1) is 11.8 Å². The number of hydrogen-bond donors (Lipinski definition) is 1. The van der Waals surface area contributed by atoms with Crippen LogP contribution in [0.25, 0.3) is 0 Å². The van der Waals surface area contributed by atoms with E-state index in [1.54, 1.807) is 14.0 Å². The Balaban J connectivity index is 1.59. The number of fused-ring (bicyclic) bond motifs is 1. The van der Waals surface area contributed by atoms with Crippen LogP contribution in [-0.4, -0.2) is 42.6 Å². The lowest BCUT2D eigenvalue weighted by molar-refractivity contribution is -0.153. The zero-order chi connectivity index (χ0) is 22.0. The first-order valence-electron chi connectivity index (χ1n) is 12.2. The van der Waals surface area contributed by atoms with E-state index in [0.29, 0.717) is 11.8 Å². The third-order valence-electron chi connectivity index (χ3n) is 7.80. The SMILES string of the molecule is COc1ccc([C@H]2C[C@@](C)(NC(C)=O)[C@@H]3CC[C@@H](C)C[C@H]3O2)cc1CN1CCCCC1. The average Bonchev–Trinajstić information content (AvgIpc) is 2.73. The van der Waals surface area contributed by atoms with Gasteiger partial charge in [0.05, 0.1) is 19.3 Å². The topological polar surface area (TPSA) is 50.8 Å². The van der Waals surface area contributed by atoms with E-state index >= 15 is 0 Å². The average molecular weight is 429 g/mol. The zero-order valence-electron chi connectivity index (χ0n) is 19.8. The van der Waals surface area contributed by atoms with Gasteiger partial charge in [-0.2, -0.15) is 0 Å². The summed E-state index contributed by atoms with van der Waals surface area (Å²) in [6, 6.07) is 6.55. The van der Waals surface area contributed by atoms with Crippen LogP contribution in [0.2, 0.25) is 0 Å². The number of methoxy groups -OCH3 is 1. The highest BCUT2D eigenvalue weighted by atomic mass is 16.5. The molecule has 1 N–H and O–H groups in total. The second-order valence-electron chi connectivity index (χ2n) is 10.4. The largest absolute Gasteiger partial charge is 0.496 e. The van der Waals surface area contributed by atoms with Crippen LogP contribution in [-0.2, 0) is 16.1 Å². The fraction of sp³-hybridized carbons (Fsp3) is 0.731. The Morgan fingerprint density at radius 2 is 2.03 bits per heavy atom. The van der Waals surface area contributed by atoms with Gasteiger partial charge in [0.2, 0.25) is 5.91 Å². The van der Waals surface area contributed by atoms with Gasteiger partial charge in [0.15, 0.2) is 0 Å². The predicted octanol–water partition coefficient (Wildman–Crippen LogP) is 4.84. The first kappa shape index (κ1) is 22.6. The third kappa shape index (κ3) is 5.09. The van der Waals surface area contributed by atoms with Gasteiger partial charge >= 0.3 is 0 Å². The number of carbonyl (C=O) groups is 1. The van der Waals surface area contributed by atoms with Gasteiger partial charge in [0.1, 0.15) is 5.75 Å². The van der Waals surface area contributed by atoms with Gasteiger partial charge < -0.3 is 14.8 Å². The summed E-state index contributed by atoms with van der Waals surface area (Å²) < 4.78 is 12.4. The molecule has 0 spiro atoms. The Labute approximate surface area is 187 Å². The van der Waals surface area contributed by atoms with E-state index in [4.69, 9.17) is 9.47 Å². The number of hydrogen-bond acceptors (Lipinski definition) is 4. The van der Waals surface area contributed by atoms with Crippen LogP contribution in [0.15, 0.2) is 18.2 Å². The molecule has 2 aliphatic heterocycles. The summed E-state index contributed by atoms with van der Waals surface area (Å²) in [7, 11) is 1.76. The van der Waals surface area contributed by atoms with Gasteiger partial charge in [-0.3, -0.25) is 9.69 Å². The Hall–Kier alpha value is -1.59. The molecule has 1 aromatic rings. The van der Waals surface area contributed by atoms with Crippen molar-refractivity contribution in [3.05, 3.63) is 29.3 Å². The fourth-order valence-electron chi connectivity index (χ4n) is 6.23. The number of benzene rings is 1. The lowest BCUT2D eigenvalue weighted by Gasteiger charge is -2.52. The maximum Gasteiger partial charge on any atom is 0.217 e. The van der Waals surface area contributed by atoms with Crippen LogP contribution in [0.3, 0.4) is 0 Å². The molecule has 2 saturated heterocycles. The predicted molar refractivity (Wildman–Crippen MR) is 123 cm³/mol. The van der Waals surface area contributed by atoms with Crippen LogP contribution in [0.1, 0.15) is 82.9 Å². The molecule has 172 valence electrons. The number of nitrogens with one attached hydrogen (secondary N) is 1. The molecule has 5 atom stereocenters. The van der Waals surface area contributed by atoms with Crippen LogP contribution >= 0.6 is 0 Å². The number of piperidine rings is 1. The molecule has 3 aliphatic rings. The summed E-state index contributed by atoms with van der Waals surface area (Å²) >= 11 is 0. The summed E-state index contributed by atoms with van der Waals surface area (Å²) in [5, 5.41) is 3.32. The highest BCUT2D eigenvalue weighted by Gasteiger charge is 2.49. The van der Waals surface area contributed by atoms with Crippen LogP contribution < -0.4 is 10.1 Å². The van der Waals surface area contributed by atoms with Crippen molar-refractivity contribution in [3.63, 3.8) is 0 Å². The first-order valence-corrected chi connectivity index (χ1v) is 12.2. The van der Waals surface area contributed by atoms with Crippen molar-refractivity contribution in [2.24, 2.45) is 11.8 Å². The van der Waals surface area contributed by atoms with Crippen molar-refractivity contribution in [3.8, 4) is 5.75 Å². The van der Waals surface area contributed by atoms with E-state index in [0.717, 1.165) is 44.6 Å². The van der Waals surface area contributed by atoms with Crippen molar-refractivity contribution in [1.29, 1.82) is 0 Å². The Kier molecular flexibility index (Phi) is 6.92. The summed E-state index contributed by atoms with van der Waals surface area (Å²) in [4.78, 5) is 14.6. The van der Waals surface area contributed by atoms with E-state index < -0.39 is 0 Å². The minimum Gasteiger partial charge on any atom is -0.496 e. The van der Waals surface area contributed by atoms with E-state index in [1.807, 2.05) is 0 Å². The molecular formula is C26H40N2O3. The standard InChI is InChI=1S/C26H40N2O3/c1-18-8-10-22-24(14-18)31-25(16-26(22,3)27-19(2)29)20-9-11-23(30-4)21(15-20)17-28-12-6-5-7-13-28/h9,11,15,18,22,24-25H,5-8,10,12-14,16-17H2,1-4H3,(H,27,29)/t18-,22-,24-,25-,26-/m1/s1. The summed E-state index contributed by atoms with van der Waals surface area (Å²) in [5.74, 6) is 2.07. The summed E-state index contributed by atoms with van der Waals surface area (Å²) in [6.07, 6.45) is 8.33. The van der Waals surface area contributed by atoms with E-state index in [1.165, 1.54) is 36.8 Å². The van der Waals surface area contributed by atoms with Crippen molar-refractivity contribution >= 4 is 5.91 Å². The molecule has 5 heteroatoms. The second kappa shape index (κ2) is 9.50. The third-order valence-corrected chi connectivity index (χ3v) is 7.80. The molecule has 4 rings (SSSR count). The molecule has 1 amide bonds. The normalized spacial score (nSPS) is 34.1. The molecular weight excluding hydrogens is 388 g/mol. The molecule has 0 radical (unpaired) electrons. The monoisotopic (exact) mass is 428 g/mol. The minimum atomic E-state index is -0.230. The number of ether oxygens (including phenoxy) is 2. The Morgan fingerprint density at radius 3 is 2.74 bits per heavy atom. The number of carbonyl (C=O) groups excluding carboxylic acids is 1. The van der Waals surface area contributed by atoms with E-state index in [2.05, 4.69) is 42.3 Å². The Bertz CT molecular complexity index is 776. The Morgan fingerprint density at radius 1 is 1.26 bits per heavy atom. The van der Waals surface area contributed by atoms with E-state index in [9.17, 15) is 4.79 Å². The van der Waals surface area contributed by atoms with Crippen molar-refractivity contribution in [2.75, 3.05) is 20.2 Å². The number of amides is 1. The lowest BCUT2D eigenvalue weighted by Crippen LogP contribution is -2.60. The maximum atomic E-state index is 12.1. The molecule has 3 fully saturated rings. The molecule has 31 heavy (non-hydrogen) atoms. The van der Waals surface area contributed by atoms with Gasteiger partial charge in [-0.05, 0) is 69.3 Å². The van der Waals surface area contributed by atoms with Gasteiger partial charge in [-0.15, -0.1) is 0 Å². The lowest BCUT2D eigenvalue weighted by atomic mass is 9.66. The maximum absolute atomic E-state index is 12.1. The number of nitrogens with zero attached hydrogens (tertiary/aromatic N) is 1. The van der Waals surface area contributed by atoms with Gasteiger partial charge in [0, 0.05) is 36.9 Å². The van der Waals surface area contributed by atoms with Gasteiger partial charge in [-0.25, -0.2) is 0 Å². The molecule has 1 aliphatic carbocycles. The van der Waals surface area contributed by atoms with Crippen LogP contribution in [0.5, 0.6) is 5.75 Å². The molecule has 1 saturated carbocycles. The van der Waals surface area contributed by atoms with Gasteiger partial charge in [-0.1, -0.05) is 25.8 Å². The molecule has 0 bridgehead atoms. The minimum absolute atomic E-state index is 0.00517. The number of rotatable bonds is 5. The molecule has 2 heterocycles. The second-order valence-corrected chi connectivity index (χ2v) is 10.4. The number of likely N-dealkylation sites (tertiary alicyclic amines) is 1. The van der Waals surface area contributed by atoms with Crippen molar-refractivity contribution in [2.45, 2.75) is 90.0 Å². The summed E-state index contributed by atoms with van der Waals surface area (Å²) in [6.45, 7) is 9.44. The molecule has 1 aromatic carbocycles.